The van der Waals surface area contributed by atoms with Crippen molar-refractivity contribution >= 4 is 17.0 Å². The molecule has 122 valence electrons. The van der Waals surface area contributed by atoms with E-state index in [9.17, 15) is 9.18 Å². The summed E-state index contributed by atoms with van der Waals surface area (Å²) in [7, 11) is 0. The molecule has 4 rings (SSSR count). The van der Waals surface area contributed by atoms with Gasteiger partial charge in [-0.05, 0) is 31.9 Å². The number of rotatable bonds is 4. The standard InChI is InChI=1S/C18H16FN3O2/c1-10-16-13(8-15(11-6-7-11)21-18(16)24-22-10)17(23)20-9-12-4-2-3-5-14(12)19/h2-5,8,11H,6-7,9H2,1H3,(H,20,23). The molecule has 0 unspecified atom stereocenters. The Hall–Kier alpha value is -2.76. The van der Waals surface area contributed by atoms with Gasteiger partial charge in [0.25, 0.3) is 11.6 Å². The molecule has 1 fully saturated rings. The number of carbonyl (C=O) groups excluding carboxylic acids is 1. The van der Waals surface area contributed by atoms with Crippen LogP contribution in [0.5, 0.6) is 0 Å². The molecule has 1 saturated carbocycles. The van der Waals surface area contributed by atoms with Gasteiger partial charge in [0.2, 0.25) is 0 Å². The van der Waals surface area contributed by atoms with Crippen LogP contribution >= 0.6 is 0 Å². The minimum atomic E-state index is -0.336. The maximum Gasteiger partial charge on any atom is 0.259 e. The molecule has 0 spiro atoms. The molecule has 6 heteroatoms. The van der Waals surface area contributed by atoms with Crippen molar-refractivity contribution in [2.24, 2.45) is 0 Å². The normalized spacial score (nSPS) is 14.1. The molecular weight excluding hydrogens is 309 g/mol. The number of benzene rings is 1. The van der Waals surface area contributed by atoms with Crippen LogP contribution in [0.2, 0.25) is 0 Å². The molecule has 0 atom stereocenters. The van der Waals surface area contributed by atoms with Crippen molar-refractivity contribution in [3.63, 3.8) is 0 Å². The van der Waals surface area contributed by atoms with Crippen LogP contribution in [0.4, 0.5) is 4.39 Å². The van der Waals surface area contributed by atoms with E-state index in [1.54, 1.807) is 31.2 Å². The Morgan fingerprint density at radius 2 is 2.17 bits per heavy atom. The summed E-state index contributed by atoms with van der Waals surface area (Å²) in [6.45, 7) is 1.90. The first kappa shape index (κ1) is 14.8. The second-order valence-electron chi connectivity index (χ2n) is 6.09. The topological polar surface area (TPSA) is 68.0 Å². The van der Waals surface area contributed by atoms with Crippen molar-refractivity contribution in [2.75, 3.05) is 0 Å². The Balaban J connectivity index is 1.66. The van der Waals surface area contributed by atoms with Gasteiger partial charge in [-0.2, -0.15) is 0 Å². The third-order valence-electron chi connectivity index (χ3n) is 4.27. The van der Waals surface area contributed by atoms with Gasteiger partial charge in [-0.25, -0.2) is 9.37 Å². The van der Waals surface area contributed by atoms with E-state index in [4.69, 9.17) is 4.52 Å². The summed E-state index contributed by atoms with van der Waals surface area (Å²) in [5.41, 5.74) is 2.79. The molecule has 24 heavy (non-hydrogen) atoms. The number of hydrogen-bond acceptors (Lipinski definition) is 4. The number of carbonyl (C=O) groups is 1. The summed E-state index contributed by atoms with van der Waals surface area (Å²) in [5.74, 6) is -0.228. The van der Waals surface area contributed by atoms with Crippen molar-refractivity contribution in [1.29, 1.82) is 0 Å². The largest absolute Gasteiger partial charge is 0.348 e. The highest BCUT2D eigenvalue weighted by molar-refractivity contribution is 6.06. The molecule has 1 N–H and O–H groups in total. The number of fused-ring (bicyclic) bond motifs is 1. The second kappa shape index (κ2) is 5.70. The molecule has 1 amide bonds. The van der Waals surface area contributed by atoms with E-state index in [0.29, 0.717) is 33.8 Å². The van der Waals surface area contributed by atoms with Crippen LogP contribution in [-0.2, 0) is 6.54 Å². The minimum Gasteiger partial charge on any atom is -0.348 e. The van der Waals surface area contributed by atoms with E-state index < -0.39 is 0 Å². The lowest BCUT2D eigenvalue weighted by Gasteiger charge is -2.08. The number of aromatic nitrogens is 2. The number of halogens is 1. The predicted molar refractivity (Wildman–Crippen MR) is 86.1 cm³/mol. The SMILES string of the molecule is Cc1noc2nc(C3CC3)cc(C(=O)NCc3ccccc3F)c12. The fourth-order valence-electron chi connectivity index (χ4n) is 2.79. The van der Waals surface area contributed by atoms with Gasteiger partial charge in [-0.15, -0.1) is 0 Å². The number of pyridine rings is 1. The van der Waals surface area contributed by atoms with Gasteiger partial charge < -0.3 is 9.84 Å². The van der Waals surface area contributed by atoms with Gasteiger partial charge >= 0.3 is 0 Å². The molecular formula is C18H16FN3O2. The molecule has 0 aliphatic heterocycles. The molecule has 1 aliphatic carbocycles. The van der Waals surface area contributed by atoms with E-state index in [2.05, 4.69) is 15.5 Å². The first-order valence-corrected chi connectivity index (χ1v) is 7.92. The lowest BCUT2D eigenvalue weighted by molar-refractivity contribution is 0.0952. The van der Waals surface area contributed by atoms with Crippen molar-refractivity contribution in [3.05, 3.63) is 58.7 Å². The smallest absolute Gasteiger partial charge is 0.259 e. The van der Waals surface area contributed by atoms with E-state index in [0.717, 1.165) is 18.5 Å². The maximum absolute atomic E-state index is 13.7. The van der Waals surface area contributed by atoms with Gasteiger partial charge in [-0.3, -0.25) is 4.79 Å². The first-order chi connectivity index (χ1) is 11.6. The van der Waals surface area contributed by atoms with Crippen LogP contribution in [-0.4, -0.2) is 16.0 Å². The van der Waals surface area contributed by atoms with Gasteiger partial charge in [0.15, 0.2) is 0 Å². The summed E-state index contributed by atoms with van der Waals surface area (Å²) in [5, 5.41) is 7.31. The van der Waals surface area contributed by atoms with Crippen molar-refractivity contribution in [2.45, 2.75) is 32.2 Å². The third kappa shape index (κ3) is 2.64. The Bertz CT molecular complexity index is 931. The highest BCUT2D eigenvalue weighted by atomic mass is 19.1. The zero-order valence-electron chi connectivity index (χ0n) is 13.2. The monoisotopic (exact) mass is 325 g/mol. The average Bonchev–Trinajstić information content (AvgIpc) is 3.37. The van der Waals surface area contributed by atoms with Gasteiger partial charge in [-0.1, -0.05) is 23.4 Å². The predicted octanol–water partition coefficient (Wildman–Crippen LogP) is 3.48. The number of nitrogens with zero attached hydrogens (tertiary/aromatic N) is 2. The summed E-state index contributed by atoms with van der Waals surface area (Å²) in [6.07, 6.45) is 2.14. The molecule has 3 aromatic rings. The number of amides is 1. The van der Waals surface area contributed by atoms with E-state index >= 15 is 0 Å². The quantitative estimate of drug-likeness (QED) is 0.797. The van der Waals surface area contributed by atoms with Gasteiger partial charge in [0, 0.05) is 23.7 Å². The zero-order valence-corrected chi connectivity index (χ0v) is 13.2. The van der Waals surface area contributed by atoms with Crippen molar-refractivity contribution < 1.29 is 13.7 Å². The fraction of sp³-hybridized carbons (Fsp3) is 0.278. The Labute approximate surface area is 137 Å². The highest BCUT2D eigenvalue weighted by Gasteiger charge is 2.28. The van der Waals surface area contributed by atoms with Gasteiger partial charge in [0.05, 0.1) is 16.6 Å². The fourth-order valence-corrected chi connectivity index (χ4v) is 2.79. The molecule has 5 nitrogen and oxygen atoms in total. The van der Waals surface area contributed by atoms with E-state index in [-0.39, 0.29) is 18.3 Å². The molecule has 0 bridgehead atoms. The summed E-state index contributed by atoms with van der Waals surface area (Å²) < 4.78 is 18.9. The number of hydrogen-bond donors (Lipinski definition) is 1. The average molecular weight is 325 g/mol. The van der Waals surface area contributed by atoms with Crippen LogP contribution in [0, 0.1) is 12.7 Å². The second-order valence-corrected chi connectivity index (χ2v) is 6.09. The van der Waals surface area contributed by atoms with E-state index in [1.807, 2.05) is 0 Å². The zero-order chi connectivity index (χ0) is 16.7. The Morgan fingerprint density at radius 1 is 1.38 bits per heavy atom. The Morgan fingerprint density at radius 3 is 2.92 bits per heavy atom. The van der Waals surface area contributed by atoms with Crippen LogP contribution in [0.1, 0.15) is 46.1 Å². The molecule has 0 saturated heterocycles. The van der Waals surface area contributed by atoms with Crippen molar-refractivity contribution in [1.82, 2.24) is 15.5 Å². The summed E-state index contributed by atoms with van der Waals surface area (Å²) in [6, 6.07) is 8.19. The minimum absolute atomic E-state index is 0.123. The third-order valence-corrected chi connectivity index (χ3v) is 4.27. The lowest BCUT2D eigenvalue weighted by Crippen LogP contribution is -2.24. The van der Waals surface area contributed by atoms with Crippen LogP contribution in [0.25, 0.3) is 11.1 Å². The molecule has 0 radical (unpaired) electrons. The molecule has 2 aromatic heterocycles. The molecule has 1 aromatic carbocycles. The lowest BCUT2D eigenvalue weighted by atomic mass is 10.1. The van der Waals surface area contributed by atoms with Crippen LogP contribution < -0.4 is 5.32 Å². The van der Waals surface area contributed by atoms with E-state index in [1.165, 1.54) is 6.07 Å². The van der Waals surface area contributed by atoms with Crippen LogP contribution in [0.15, 0.2) is 34.9 Å². The Kier molecular flexibility index (Phi) is 3.52. The number of aryl methyl sites for hydroxylation is 1. The van der Waals surface area contributed by atoms with Gasteiger partial charge in [0.1, 0.15) is 5.82 Å². The molecule has 2 heterocycles. The first-order valence-electron chi connectivity index (χ1n) is 7.92. The van der Waals surface area contributed by atoms with Crippen molar-refractivity contribution in [3.8, 4) is 0 Å². The molecule has 1 aliphatic rings. The summed E-state index contributed by atoms with van der Waals surface area (Å²) in [4.78, 5) is 17.1. The maximum atomic E-state index is 13.7. The highest BCUT2D eigenvalue weighted by Crippen LogP contribution is 2.40. The number of nitrogens with one attached hydrogen (secondary N) is 1. The summed E-state index contributed by atoms with van der Waals surface area (Å²) >= 11 is 0. The van der Waals surface area contributed by atoms with Crippen LogP contribution in [0.3, 0.4) is 0 Å².